The molecule has 17 heavy (non-hydrogen) atoms. The summed E-state index contributed by atoms with van der Waals surface area (Å²) in [6, 6.07) is 7.56. The number of nitrogens with zero attached hydrogens (tertiary/aromatic N) is 2. The van der Waals surface area contributed by atoms with Gasteiger partial charge in [-0.3, -0.25) is 9.67 Å². The first-order chi connectivity index (χ1) is 8.15. The summed E-state index contributed by atoms with van der Waals surface area (Å²) in [7, 11) is 1.69. The standard InChI is InChI=1S/C12H11N3O2/c1-7-5-9(14-13-7)8-3-4-10-11(6-8)17-12(16)15(10)2/h3-6H,1-2H3,(H,13,14). The molecule has 0 aliphatic rings. The summed E-state index contributed by atoms with van der Waals surface area (Å²) in [6.07, 6.45) is 0. The number of hydrogen-bond acceptors (Lipinski definition) is 3. The van der Waals surface area contributed by atoms with E-state index in [-0.39, 0.29) is 5.76 Å². The van der Waals surface area contributed by atoms with E-state index in [4.69, 9.17) is 4.42 Å². The molecular weight excluding hydrogens is 218 g/mol. The molecule has 86 valence electrons. The normalized spacial score (nSPS) is 11.2. The van der Waals surface area contributed by atoms with Gasteiger partial charge in [0, 0.05) is 18.3 Å². The lowest BCUT2D eigenvalue weighted by Gasteiger charge is -1.96. The fourth-order valence-corrected chi connectivity index (χ4v) is 1.86. The number of aromatic amines is 1. The van der Waals surface area contributed by atoms with Gasteiger partial charge >= 0.3 is 5.76 Å². The highest BCUT2D eigenvalue weighted by atomic mass is 16.4. The van der Waals surface area contributed by atoms with Crippen LogP contribution in [-0.4, -0.2) is 14.8 Å². The highest BCUT2D eigenvalue weighted by molar-refractivity contribution is 5.79. The van der Waals surface area contributed by atoms with Gasteiger partial charge in [0.1, 0.15) is 0 Å². The Kier molecular flexibility index (Phi) is 1.95. The van der Waals surface area contributed by atoms with E-state index < -0.39 is 0 Å². The molecule has 0 fully saturated rings. The van der Waals surface area contributed by atoms with Crippen LogP contribution in [0.2, 0.25) is 0 Å². The molecule has 2 heterocycles. The molecule has 3 aromatic rings. The molecule has 0 radical (unpaired) electrons. The molecule has 3 rings (SSSR count). The minimum Gasteiger partial charge on any atom is -0.408 e. The second-order valence-corrected chi connectivity index (χ2v) is 4.05. The van der Waals surface area contributed by atoms with Crippen molar-refractivity contribution in [3.63, 3.8) is 0 Å². The number of hydrogen-bond donors (Lipinski definition) is 1. The third-order valence-electron chi connectivity index (χ3n) is 2.79. The molecule has 0 aliphatic carbocycles. The quantitative estimate of drug-likeness (QED) is 0.692. The maximum absolute atomic E-state index is 11.4. The molecule has 0 saturated heterocycles. The Hall–Kier alpha value is -2.30. The second kappa shape index (κ2) is 3.35. The Bertz CT molecular complexity index is 749. The van der Waals surface area contributed by atoms with Crippen LogP contribution in [-0.2, 0) is 7.05 Å². The lowest BCUT2D eigenvalue weighted by Crippen LogP contribution is -2.08. The molecular formula is C12H11N3O2. The summed E-state index contributed by atoms with van der Waals surface area (Å²) in [5, 5.41) is 7.05. The zero-order chi connectivity index (χ0) is 12.0. The number of benzene rings is 1. The maximum atomic E-state index is 11.4. The third-order valence-corrected chi connectivity index (χ3v) is 2.79. The summed E-state index contributed by atoms with van der Waals surface area (Å²) >= 11 is 0. The van der Waals surface area contributed by atoms with Gasteiger partial charge in [-0.15, -0.1) is 0 Å². The average molecular weight is 229 g/mol. The van der Waals surface area contributed by atoms with Gasteiger partial charge in [0.2, 0.25) is 0 Å². The predicted molar refractivity (Wildman–Crippen MR) is 63.8 cm³/mol. The first-order valence-electron chi connectivity index (χ1n) is 5.27. The number of aryl methyl sites for hydroxylation is 2. The van der Waals surface area contributed by atoms with Crippen LogP contribution in [0.15, 0.2) is 33.5 Å². The van der Waals surface area contributed by atoms with E-state index in [1.54, 1.807) is 7.05 Å². The number of H-pyrrole nitrogens is 1. The molecule has 0 unspecified atom stereocenters. The SMILES string of the molecule is Cc1cc(-c2ccc3c(c2)oc(=O)n3C)n[nH]1. The van der Waals surface area contributed by atoms with E-state index in [0.717, 1.165) is 22.5 Å². The molecule has 0 atom stereocenters. The fourth-order valence-electron chi connectivity index (χ4n) is 1.86. The van der Waals surface area contributed by atoms with Crippen molar-refractivity contribution in [1.82, 2.24) is 14.8 Å². The molecule has 0 amide bonds. The molecule has 0 aliphatic heterocycles. The number of rotatable bonds is 1. The van der Waals surface area contributed by atoms with Crippen molar-refractivity contribution in [3.05, 3.63) is 40.5 Å². The summed E-state index contributed by atoms with van der Waals surface area (Å²) in [6.45, 7) is 1.94. The molecule has 0 spiro atoms. The zero-order valence-corrected chi connectivity index (χ0v) is 9.52. The maximum Gasteiger partial charge on any atom is 0.419 e. The lowest BCUT2D eigenvalue weighted by molar-refractivity contribution is 0.528. The lowest BCUT2D eigenvalue weighted by atomic mass is 10.1. The molecule has 5 heteroatoms. The van der Waals surface area contributed by atoms with Gasteiger partial charge in [0.05, 0.1) is 11.2 Å². The second-order valence-electron chi connectivity index (χ2n) is 4.05. The third kappa shape index (κ3) is 1.47. The van der Waals surface area contributed by atoms with Gasteiger partial charge in [-0.1, -0.05) is 6.07 Å². The Morgan fingerprint density at radius 2 is 2.18 bits per heavy atom. The van der Waals surface area contributed by atoms with Crippen LogP contribution in [0.25, 0.3) is 22.4 Å². The Morgan fingerprint density at radius 1 is 1.35 bits per heavy atom. The average Bonchev–Trinajstić information content (AvgIpc) is 2.85. The van der Waals surface area contributed by atoms with E-state index >= 15 is 0 Å². The first kappa shape index (κ1) is 9.89. The van der Waals surface area contributed by atoms with Crippen LogP contribution in [0.3, 0.4) is 0 Å². The van der Waals surface area contributed by atoms with Gasteiger partial charge in [0.15, 0.2) is 5.58 Å². The Labute approximate surface area is 96.7 Å². The molecule has 2 aromatic heterocycles. The van der Waals surface area contributed by atoms with Gasteiger partial charge < -0.3 is 4.42 Å². The monoisotopic (exact) mass is 229 g/mol. The predicted octanol–water partition coefficient (Wildman–Crippen LogP) is 1.83. The number of nitrogens with one attached hydrogen (secondary N) is 1. The van der Waals surface area contributed by atoms with E-state index in [1.807, 2.05) is 31.2 Å². The van der Waals surface area contributed by atoms with Gasteiger partial charge in [0.25, 0.3) is 0 Å². The van der Waals surface area contributed by atoms with Crippen LogP contribution in [0.5, 0.6) is 0 Å². The largest absolute Gasteiger partial charge is 0.419 e. The van der Waals surface area contributed by atoms with Crippen LogP contribution >= 0.6 is 0 Å². The van der Waals surface area contributed by atoms with Gasteiger partial charge in [-0.25, -0.2) is 4.79 Å². The first-order valence-corrected chi connectivity index (χ1v) is 5.27. The van der Waals surface area contributed by atoms with Crippen molar-refractivity contribution in [2.24, 2.45) is 7.05 Å². The molecule has 0 bridgehead atoms. The molecule has 0 saturated carbocycles. The van der Waals surface area contributed by atoms with E-state index in [0.29, 0.717) is 5.58 Å². The Morgan fingerprint density at radius 3 is 2.88 bits per heavy atom. The van der Waals surface area contributed by atoms with E-state index in [1.165, 1.54) is 4.57 Å². The number of aromatic nitrogens is 3. The molecule has 5 nitrogen and oxygen atoms in total. The highest BCUT2D eigenvalue weighted by Crippen LogP contribution is 2.22. The highest BCUT2D eigenvalue weighted by Gasteiger charge is 2.08. The number of fused-ring (bicyclic) bond motifs is 1. The smallest absolute Gasteiger partial charge is 0.408 e. The fraction of sp³-hybridized carbons (Fsp3) is 0.167. The van der Waals surface area contributed by atoms with Crippen molar-refractivity contribution in [3.8, 4) is 11.3 Å². The summed E-state index contributed by atoms with van der Waals surface area (Å²) in [4.78, 5) is 11.4. The van der Waals surface area contributed by atoms with Crippen LogP contribution < -0.4 is 5.76 Å². The zero-order valence-electron chi connectivity index (χ0n) is 9.52. The number of oxazole rings is 1. The molecule has 1 N–H and O–H groups in total. The topological polar surface area (TPSA) is 63.8 Å². The summed E-state index contributed by atoms with van der Waals surface area (Å²) in [5.74, 6) is -0.352. The van der Waals surface area contributed by atoms with E-state index in [2.05, 4.69) is 10.2 Å². The molecule has 1 aromatic carbocycles. The van der Waals surface area contributed by atoms with Crippen molar-refractivity contribution in [2.75, 3.05) is 0 Å². The van der Waals surface area contributed by atoms with Crippen molar-refractivity contribution < 1.29 is 4.42 Å². The Balaban J connectivity index is 2.23. The van der Waals surface area contributed by atoms with Gasteiger partial charge in [-0.05, 0) is 25.1 Å². The van der Waals surface area contributed by atoms with Gasteiger partial charge in [-0.2, -0.15) is 5.10 Å². The summed E-state index contributed by atoms with van der Waals surface area (Å²) in [5.41, 5.74) is 4.13. The summed E-state index contributed by atoms with van der Waals surface area (Å²) < 4.78 is 6.62. The van der Waals surface area contributed by atoms with E-state index in [9.17, 15) is 4.79 Å². The minimum absolute atomic E-state index is 0.352. The van der Waals surface area contributed by atoms with Crippen molar-refractivity contribution >= 4 is 11.1 Å². The minimum atomic E-state index is -0.352. The van der Waals surface area contributed by atoms with Crippen LogP contribution in [0.4, 0.5) is 0 Å². The van der Waals surface area contributed by atoms with Crippen molar-refractivity contribution in [2.45, 2.75) is 6.92 Å². The van der Waals surface area contributed by atoms with Crippen molar-refractivity contribution in [1.29, 1.82) is 0 Å². The van der Waals surface area contributed by atoms with Crippen LogP contribution in [0, 0.1) is 6.92 Å². The van der Waals surface area contributed by atoms with Crippen LogP contribution in [0.1, 0.15) is 5.69 Å².